The minimum atomic E-state index is -1.12. The van der Waals surface area contributed by atoms with Crippen LogP contribution in [-0.2, 0) is 19.1 Å². The van der Waals surface area contributed by atoms with E-state index in [1.54, 1.807) is 6.08 Å². The molecule has 2 amide bonds. The molecule has 3 N–H and O–H groups in total. The van der Waals surface area contributed by atoms with Gasteiger partial charge in [0.25, 0.3) is 0 Å². The normalized spacial score (nSPS) is 41.8. The van der Waals surface area contributed by atoms with Crippen LogP contribution in [-0.4, -0.2) is 54.3 Å². The molecule has 3 saturated carbocycles. The SMILES string of the molecule is COC(=O)C1(NC(=O)NC2(C)CC[C@]3(C)CC[C@]4(C)C5=CC=C6C(=CC(=O)C(O)=C6C)[C@]5(C)CC[C@@]4(C)[C@@H]3C2)COC1. The third kappa shape index (κ3) is 3.79. The van der Waals surface area contributed by atoms with Gasteiger partial charge >= 0.3 is 12.0 Å². The van der Waals surface area contributed by atoms with Gasteiger partial charge in [-0.2, -0.15) is 0 Å². The van der Waals surface area contributed by atoms with Crippen LogP contribution in [0.5, 0.6) is 0 Å². The molecule has 0 aromatic rings. The third-order valence-electron chi connectivity index (χ3n) is 12.9. The van der Waals surface area contributed by atoms with E-state index in [-0.39, 0.29) is 52.4 Å². The fourth-order valence-electron chi connectivity index (χ4n) is 9.84. The van der Waals surface area contributed by atoms with Crippen molar-refractivity contribution < 1.29 is 29.0 Å². The number of fused-ring (bicyclic) bond motifs is 7. The molecule has 0 bridgehead atoms. The monoisotopic (exact) mass is 578 g/mol. The minimum Gasteiger partial charge on any atom is -0.504 e. The van der Waals surface area contributed by atoms with Crippen LogP contribution >= 0.6 is 0 Å². The summed E-state index contributed by atoms with van der Waals surface area (Å²) in [6, 6.07) is -0.358. The van der Waals surface area contributed by atoms with Crippen LogP contribution in [0.3, 0.4) is 0 Å². The first-order valence-corrected chi connectivity index (χ1v) is 15.4. The third-order valence-corrected chi connectivity index (χ3v) is 12.9. The minimum absolute atomic E-state index is 0.0160. The Morgan fingerprint density at radius 2 is 1.67 bits per heavy atom. The van der Waals surface area contributed by atoms with E-state index in [1.165, 1.54) is 12.7 Å². The van der Waals surface area contributed by atoms with Crippen molar-refractivity contribution in [1.29, 1.82) is 0 Å². The van der Waals surface area contributed by atoms with Crippen molar-refractivity contribution in [2.45, 2.75) is 97.6 Å². The number of urea groups is 1. The van der Waals surface area contributed by atoms with Crippen LogP contribution in [0.1, 0.15) is 86.5 Å². The molecule has 0 aromatic heterocycles. The number of aliphatic hydroxyl groups is 1. The fraction of sp³-hybridized carbons (Fsp3) is 0.676. The first kappa shape index (κ1) is 29.2. The van der Waals surface area contributed by atoms with Crippen molar-refractivity contribution in [3.8, 4) is 0 Å². The number of hydrogen-bond donors (Lipinski definition) is 3. The number of nitrogens with one attached hydrogen (secondary N) is 2. The number of ether oxygens (including phenoxy) is 2. The van der Waals surface area contributed by atoms with Gasteiger partial charge < -0.3 is 25.2 Å². The van der Waals surface area contributed by atoms with E-state index in [0.29, 0.717) is 11.5 Å². The number of carbonyl (C=O) groups is 3. The summed E-state index contributed by atoms with van der Waals surface area (Å²) in [5.74, 6) is -0.564. The molecule has 0 spiro atoms. The number of esters is 1. The molecule has 8 nitrogen and oxygen atoms in total. The van der Waals surface area contributed by atoms with E-state index in [0.717, 1.165) is 56.1 Å². The maximum Gasteiger partial charge on any atom is 0.336 e. The highest BCUT2D eigenvalue weighted by atomic mass is 16.5. The van der Waals surface area contributed by atoms with Gasteiger partial charge in [-0.1, -0.05) is 45.4 Å². The van der Waals surface area contributed by atoms with Gasteiger partial charge in [-0.3, -0.25) is 4.79 Å². The highest BCUT2D eigenvalue weighted by Gasteiger charge is 2.67. The molecule has 4 fully saturated rings. The summed E-state index contributed by atoms with van der Waals surface area (Å²) in [5, 5.41) is 16.5. The summed E-state index contributed by atoms with van der Waals surface area (Å²) in [6.07, 6.45) is 13.0. The molecule has 42 heavy (non-hydrogen) atoms. The van der Waals surface area contributed by atoms with Crippen molar-refractivity contribution in [3.05, 3.63) is 46.3 Å². The highest BCUT2D eigenvalue weighted by molar-refractivity contribution is 6.06. The molecule has 6 rings (SSSR count). The van der Waals surface area contributed by atoms with Gasteiger partial charge in [0, 0.05) is 16.5 Å². The fourth-order valence-corrected chi connectivity index (χ4v) is 9.84. The number of allylic oxidation sites excluding steroid dienone is 7. The van der Waals surface area contributed by atoms with Gasteiger partial charge in [0.1, 0.15) is 0 Å². The molecule has 1 aliphatic heterocycles. The number of rotatable bonds is 3. The van der Waals surface area contributed by atoms with Crippen LogP contribution in [0.4, 0.5) is 4.79 Å². The van der Waals surface area contributed by atoms with Gasteiger partial charge in [0.05, 0.1) is 20.3 Å². The highest BCUT2D eigenvalue weighted by Crippen LogP contribution is 2.75. The van der Waals surface area contributed by atoms with Crippen LogP contribution < -0.4 is 10.6 Å². The molecule has 1 unspecified atom stereocenters. The molecular formula is C34H46N2O6. The summed E-state index contributed by atoms with van der Waals surface area (Å²) in [4.78, 5) is 38.4. The molecule has 6 atom stereocenters. The summed E-state index contributed by atoms with van der Waals surface area (Å²) in [7, 11) is 1.32. The lowest BCUT2D eigenvalue weighted by molar-refractivity contribution is -0.168. The molecule has 6 aliphatic rings. The summed E-state index contributed by atoms with van der Waals surface area (Å²) < 4.78 is 10.2. The van der Waals surface area contributed by atoms with Crippen molar-refractivity contribution >= 4 is 17.8 Å². The Morgan fingerprint density at radius 3 is 2.31 bits per heavy atom. The predicted octanol–water partition coefficient (Wildman–Crippen LogP) is 5.61. The second-order valence-electron chi connectivity index (χ2n) is 15.3. The van der Waals surface area contributed by atoms with E-state index >= 15 is 0 Å². The first-order chi connectivity index (χ1) is 19.6. The Kier molecular flexibility index (Phi) is 6.31. The maximum absolute atomic E-state index is 13.3. The Hall–Kier alpha value is -2.87. The van der Waals surface area contributed by atoms with Crippen molar-refractivity contribution in [3.63, 3.8) is 0 Å². The zero-order valence-corrected chi connectivity index (χ0v) is 26.2. The van der Waals surface area contributed by atoms with E-state index in [4.69, 9.17) is 9.47 Å². The molecule has 5 aliphatic carbocycles. The predicted molar refractivity (Wildman–Crippen MR) is 158 cm³/mol. The molecular weight excluding hydrogens is 532 g/mol. The number of methoxy groups -OCH3 is 1. The molecule has 1 heterocycles. The lowest BCUT2D eigenvalue weighted by atomic mass is 9.35. The number of amides is 2. The topological polar surface area (TPSA) is 114 Å². The average molecular weight is 579 g/mol. The van der Waals surface area contributed by atoms with Gasteiger partial charge in [-0.25, -0.2) is 9.59 Å². The van der Waals surface area contributed by atoms with Gasteiger partial charge in [-0.15, -0.1) is 0 Å². The zero-order chi connectivity index (χ0) is 30.5. The molecule has 1 saturated heterocycles. The summed E-state index contributed by atoms with van der Waals surface area (Å²) in [5.41, 5.74) is 2.32. The number of carbonyl (C=O) groups excluding carboxylic acids is 3. The van der Waals surface area contributed by atoms with Crippen LogP contribution in [0.15, 0.2) is 46.3 Å². The number of aliphatic hydroxyl groups excluding tert-OH is 1. The van der Waals surface area contributed by atoms with Gasteiger partial charge in [0.2, 0.25) is 5.78 Å². The standard InChI is InChI=1S/C34H46N2O6/c1-20-21-8-9-24-31(4,22(21)16-23(37)26(20)38)13-15-33(6)25-17-30(3,12-10-29(25,2)11-14-32(24,33)5)35-28(40)36-34(18-42-19-34)27(39)41-7/h8-9,16,25,38H,10-15,17-19H2,1-7H3,(H2,35,36,40)/t25-,29-,30?,31+,32-,33+/m1/s1. The largest absolute Gasteiger partial charge is 0.504 e. The van der Waals surface area contributed by atoms with Gasteiger partial charge in [-0.05, 0) is 98.2 Å². The maximum atomic E-state index is 13.3. The van der Waals surface area contributed by atoms with E-state index in [9.17, 15) is 19.5 Å². The second-order valence-corrected chi connectivity index (χ2v) is 15.3. The molecule has 0 aromatic carbocycles. The van der Waals surface area contributed by atoms with Crippen LogP contribution in [0.25, 0.3) is 0 Å². The van der Waals surface area contributed by atoms with Crippen molar-refractivity contribution in [2.24, 2.45) is 27.6 Å². The molecule has 8 heteroatoms. The van der Waals surface area contributed by atoms with E-state index in [1.807, 2.05) is 6.92 Å². The Morgan fingerprint density at radius 1 is 0.976 bits per heavy atom. The lowest BCUT2D eigenvalue weighted by Crippen LogP contribution is -2.70. The van der Waals surface area contributed by atoms with Crippen molar-refractivity contribution in [1.82, 2.24) is 10.6 Å². The smallest absolute Gasteiger partial charge is 0.336 e. The Balaban J connectivity index is 1.31. The van der Waals surface area contributed by atoms with Gasteiger partial charge in [0.15, 0.2) is 11.3 Å². The van der Waals surface area contributed by atoms with Crippen molar-refractivity contribution in [2.75, 3.05) is 20.3 Å². The average Bonchev–Trinajstić information content (AvgIpc) is 2.92. The summed E-state index contributed by atoms with van der Waals surface area (Å²) >= 11 is 0. The lowest BCUT2D eigenvalue weighted by Gasteiger charge is -2.70. The number of ketones is 1. The first-order valence-electron chi connectivity index (χ1n) is 15.4. The van der Waals surface area contributed by atoms with E-state index < -0.39 is 17.0 Å². The van der Waals surface area contributed by atoms with E-state index in [2.05, 4.69) is 57.4 Å². The molecule has 228 valence electrons. The van der Waals surface area contributed by atoms with Crippen LogP contribution in [0.2, 0.25) is 0 Å². The van der Waals surface area contributed by atoms with Crippen LogP contribution in [0, 0.1) is 27.6 Å². The zero-order valence-electron chi connectivity index (χ0n) is 26.2. The Labute approximate surface area is 249 Å². The molecule has 0 radical (unpaired) electrons. The second kappa shape index (κ2) is 9.07. The Bertz CT molecular complexity index is 1400. The number of hydrogen-bond acceptors (Lipinski definition) is 6. The quantitative estimate of drug-likeness (QED) is 0.376. The summed E-state index contributed by atoms with van der Waals surface area (Å²) in [6.45, 7) is 13.8.